The average molecular weight is 379 g/mol. The van der Waals surface area contributed by atoms with Crippen molar-refractivity contribution >= 4 is 23.2 Å². The minimum Gasteiger partial charge on any atom is -0.376 e. The number of alkyl halides is 3. The molecule has 0 saturated heterocycles. The van der Waals surface area contributed by atoms with E-state index >= 15 is 0 Å². The van der Waals surface area contributed by atoms with E-state index in [0.717, 1.165) is 12.1 Å². The van der Waals surface area contributed by atoms with Gasteiger partial charge in [-0.25, -0.2) is 0 Å². The van der Waals surface area contributed by atoms with Crippen LogP contribution < -0.4 is 16.0 Å². The first-order chi connectivity index (χ1) is 12.6. The first kappa shape index (κ1) is 20.3. The van der Waals surface area contributed by atoms with Gasteiger partial charge in [-0.15, -0.1) is 0 Å². The maximum atomic E-state index is 12.8. The molecule has 2 aromatic rings. The van der Waals surface area contributed by atoms with E-state index in [1.807, 2.05) is 13.8 Å². The third-order valence-corrected chi connectivity index (χ3v) is 3.48. The van der Waals surface area contributed by atoms with E-state index < -0.39 is 17.6 Å². The standard InChI is InChI=1S/C19H20F3N3O2/c1-12(2)24-17(26)11-23-15-7-3-5-13(9-15)18(27)25-16-8-4-6-14(10-16)19(20,21)22/h3-10,12,23H,11H2,1-2H3,(H,24,26)(H,25,27). The summed E-state index contributed by atoms with van der Waals surface area (Å²) >= 11 is 0. The number of halogens is 3. The fraction of sp³-hybridized carbons (Fsp3) is 0.263. The number of amides is 2. The Morgan fingerprint density at radius 3 is 2.33 bits per heavy atom. The molecular weight excluding hydrogens is 359 g/mol. The highest BCUT2D eigenvalue weighted by atomic mass is 19.4. The lowest BCUT2D eigenvalue weighted by Crippen LogP contribution is -2.34. The Balaban J connectivity index is 2.04. The molecule has 0 atom stereocenters. The minimum atomic E-state index is -4.48. The summed E-state index contributed by atoms with van der Waals surface area (Å²) in [6, 6.07) is 10.8. The van der Waals surface area contributed by atoms with E-state index in [0.29, 0.717) is 5.69 Å². The lowest BCUT2D eigenvalue weighted by Gasteiger charge is -2.12. The zero-order valence-corrected chi connectivity index (χ0v) is 14.9. The Hall–Kier alpha value is -3.03. The Morgan fingerprint density at radius 1 is 1.00 bits per heavy atom. The van der Waals surface area contributed by atoms with Crippen molar-refractivity contribution in [1.29, 1.82) is 0 Å². The molecule has 2 rings (SSSR count). The van der Waals surface area contributed by atoms with Gasteiger partial charge < -0.3 is 16.0 Å². The molecule has 0 spiro atoms. The first-order valence-corrected chi connectivity index (χ1v) is 8.27. The summed E-state index contributed by atoms with van der Waals surface area (Å²) in [5.41, 5.74) is 0.00339. The van der Waals surface area contributed by atoms with Gasteiger partial charge in [-0.05, 0) is 50.2 Å². The van der Waals surface area contributed by atoms with Crippen LogP contribution in [0.1, 0.15) is 29.8 Å². The molecule has 2 amide bonds. The van der Waals surface area contributed by atoms with Crippen molar-refractivity contribution in [3.8, 4) is 0 Å². The molecule has 3 N–H and O–H groups in total. The average Bonchev–Trinajstić information content (AvgIpc) is 2.59. The minimum absolute atomic E-state index is 0.0175. The summed E-state index contributed by atoms with van der Waals surface area (Å²) in [5.74, 6) is -0.742. The molecule has 0 heterocycles. The number of carbonyl (C=O) groups excluding carboxylic acids is 2. The van der Waals surface area contributed by atoms with Crippen LogP contribution in [0.15, 0.2) is 48.5 Å². The van der Waals surface area contributed by atoms with Gasteiger partial charge in [0.2, 0.25) is 5.91 Å². The van der Waals surface area contributed by atoms with Crippen LogP contribution in [0.5, 0.6) is 0 Å². The van der Waals surface area contributed by atoms with Crippen molar-refractivity contribution in [2.45, 2.75) is 26.1 Å². The normalized spacial score (nSPS) is 11.2. The molecule has 0 aliphatic rings. The molecule has 144 valence electrons. The molecule has 0 fully saturated rings. The lowest BCUT2D eigenvalue weighted by atomic mass is 10.1. The Morgan fingerprint density at radius 2 is 1.67 bits per heavy atom. The molecule has 0 aliphatic heterocycles. The van der Waals surface area contributed by atoms with Gasteiger partial charge in [0.05, 0.1) is 12.1 Å². The number of hydrogen-bond donors (Lipinski definition) is 3. The van der Waals surface area contributed by atoms with Crippen molar-refractivity contribution in [2.24, 2.45) is 0 Å². The van der Waals surface area contributed by atoms with Crippen molar-refractivity contribution in [2.75, 3.05) is 17.2 Å². The maximum absolute atomic E-state index is 12.8. The van der Waals surface area contributed by atoms with Crippen LogP contribution in [-0.4, -0.2) is 24.4 Å². The van der Waals surface area contributed by atoms with Gasteiger partial charge in [0.1, 0.15) is 0 Å². The van der Waals surface area contributed by atoms with Crippen LogP contribution in [0.25, 0.3) is 0 Å². The van der Waals surface area contributed by atoms with Crippen LogP contribution in [0, 0.1) is 0 Å². The van der Waals surface area contributed by atoms with Crippen LogP contribution in [-0.2, 0) is 11.0 Å². The maximum Gasteiger partial charge on any atom is 0.416 e. The predicted molar refractivity (Wildman–Crippen MR) is 97.6 cm³/mol. The number of carbonyl (C=O) groups is 2. The number of anilines is 2. The van der Waals surface area contributed by atoms with Gasteiger partial charge in [-0.2, -0.15) is 13.2 Å². The second-order valence-corrected chi connectivity index (χ2v) is 6.19. The summed E-state index contributed by atoms with van der Waals surface area (Å²) in [7, 11) is 0. The third kappa shape index (κ3) is 6.32. The molecule has 0 saturated carbocycles. The fourth-order valence-corrected chi connectivity index (χ4v) is 2.30. The molecular formula is C19H20F3N3O2. The van der Waals surface area contributed by atoms with Gasteiger partial charge in [0, 0.05) is 23.0 Å². The number of benzene rings is 2. The van der Waals surface area contributed by atoms with E-state index in [1.54, 1.807) is 12.1 Å². The van der Waals surface area contributed by atoms with Gasteiger partial charge in [-0.1, -0.05) is 12.1 Å². The van der Waals surface area contributed by atoms with Crippen LogP contribution in [0.4, 0.5) is 24.5 Å². The zero-order valence-electron chi connectivity index (χ0n) is 14.9. The van der Waals surface area contributed by atoms with E-state index in [2.05, 4.69) is 16.0 Å². The van der Waals surface area contributed by atoms with E-state index in [-0.39, 0.29) is 29.7 Å². The van der Waals surface area contributed by atoms with Crippen molar-refractivity contribution < 1.29 is 22.8 Å². The molecule has 0 aromatic heterocycles. The zero-order chi connectivity index (χ0) is 20.0. The Bertz CT molecular complexity index is 820. The number of nitrogens with one attached hydrogen (secondary N) is 3. The van der Waals surface area contributed by atoms with Crippen LogP contribution in [0.3, 0.4) is 0 Å². The Kier molecular flexibility index (Phi) is 6.44. The third-order valence-electron chi connectivity index (χ3n) is 3.48. The fourth-order valence-electron chi connectivity index (χ4n) is 2.30. The lowest BCUT2D eigenvalue weighted by molar-refractivity contribution is -0.137. The molecule has 0 bridgehead atoms. The largest absolute Gasteiger partial charge is 0.416 e. The van der Waals surface area contributed by atoms with Gasteiger partial charge in [-0.3, -0.25) is 9.59 Å². The number of hydrogen-bond acceptors (Lipinski definition) is 3. The second-order valence-electron chi connectivity index (χ2n) is 6.19. The smallest absolute Gasteiger partial charge is 0.376 e. The van der Waals surface area contributed by atoms with Crippen LogP contribution in [0.2, 0.25) is 0 Å². The first-order valence-electron chi connectivity index (χ1n) is 8.27. The molecule has 0 radical (unpaired) electrons. The summed E-state index contributed by atoms with van der Waals surface area (Å²) < 4.78 is 38.3. The number of rotatable bonds is 6. The highest BCUT2D eigenvalue weighted by Gasteiger charge is 2.30. The highest BCUT2D eigenvalue weighted by Crippen LogP contribution is 2.30. The highest BCUT2D eigenvalue weighted by molar-refractivity contribution is 6.04. The monoisotopic (exact) mass is 379 g/mol. The Labute approximate surface area is 155 Å². The molecule has 8 heteroatoms. The van der Waals surface area contributed by atoms with E-state index in [4.69, 9.17) is 0 Å². The quantitative estimate of drug-likeness (QED) is 0.713. The molecule has 2 aromatic carbocycles. The summed E-state index contributed by atoms with van der Waals surface area (Å²) in [6.07, 6.45) is -4.48. The van der Waals surface area contributed by atoms with Gasteiger partial charge in [0.15, 0.2) is 0 Å². The summed E-state index contributed by atoms with van der Waals surface area (Å²) in [5, 5.41) is 8.07. The predicted octanol–water partition coefficient (Wildman–Crippen LogP) is 3.89. The molecule has 27 heavy (non-hydrogen) atoms. The molecule has 0 aliphatic carbocycles. The van der Waals surface area contributed by atoms with Gasteiger partial charge in [0.25, 0.3) is 5.91 Å². The second kappa shape index (κ2) is 8.57. The summed E-state index contributed by atoms with van der Waals surface area (Å²) in [4.78, 5) is 24.0. The topological polar surface area (TPSA) is 70.2 Å². The van der Waals surface area contributed by atoms with Crippen molar-refractivity contribution in [3.05, 3.63) is 59.7 Å². The van der Waals surface area contributed by atoms with Crippen LogP contribution >= 0.6 is 0 Å². The summed E-state index contributed by atoms with van der Waals surface area (Å²) in [6.45, 7) is 3.73. The molecule has 5 nitrogen and oxygen atoms in total. The SMILES string of the molecule is CC(C)NC(=O)CNc1cccc(C(=O)Nc2cccc(C(F)(F)F)c2)c1. The van der Waals surface area contributed by atoms with Gasteiger partial charge >= 0.3 is 6.18 Å². The van der Waals surface area contributed by atoms with E-state index in [1.165, 1.54) is 24.3 Å². The van der Waals surface area contributed by atoms with Crippen molar-refractivity contribution in [1.82, 2.24) is 5.32 Å². The molecule has 0 unspecified atom stereocenters. The van der Waals surface area contributed by atoms with Crippen molar-refractivity contribution in [3.63, 3.8) is 0 Å². The van der Waals surface area contributed by atoms with E-state index in [9.17, 15) is 22.8 Å².